The zero-order valence-electron chi connectivity index (χ0n) is 34.5. The van der Waals surface area contributed by atoms with Crippen molar-refractivity contribution in [3.05, 3.63) is 223 Å². The van der Waals surface area contributed by atoms with Gasteiger partial charge in [0.1, 0.15) is 0 Å². The fourth-order valence-corrected chi connectivity index (χ4v) is 9.88. The van der Waals surface area contributed by atoms with E-state index in [0.29, 0.717) is 5.82 Å². The molecular formula is C59H41N3. The number of para-hydroxylation sites is 2. The van der Waals surface area contributed by atoms with E-state index in [1.807, 2.05) is 6.07 Å². The zero-order chi connectivity index (χ0) is 41.4. The summed E-state index contributed by atoms with van der Waals surface area (Å²) in [5, 5.41) is 5.03. The lowest BCUT2D eigenvalue weighted by atomic mass is 9.81. The predicted octanol–water partition coefficient (Wildman–Crippen LogP) is 15.4. The molecule has 0 amide bonds. The molecule has 12 rings (SSSR count). The molecule has 3 nitrogen and oxygen atoms in total. The van der Waals surface area contributed by atoms with Crippen molar-refractivity contribution in [2.24, 2.45) is 0 Å². The molecule has 9 aromatic carbocycles. The number of hydrogen-bond donors (Lipinski definition) is 0. The fraction of sp³-hybridized carbons (Fsp3) is 0.0508. The first-order chi connectivity index (χ1) is 30.5. The third-order valence-corrected chi connectivity index (χ3v) is 13.0. The van der Waals surface area contributed by atoms with Crippen LogP contribution in [0.15, 0.2) is 212 Å². The van der Waals surface area contributed by atoms with Gasteiger partial charge in [-0.15, -0.1) is 0 Å². The van der Waals surface area contributed by atoms with Crippen LogP contribution >= 0.6 is 0 Å². The Morgan fingerprint density at radius 2 is 0.952 bits per heavy atom. The maximum atomic E-state index is 5.26. The van der Waals surface area contributed by atoms with Crippen molar-refractivity contribution in [2.45, 2.75) is 19.3 Å². The van der Waals surface area contributed by atoms with E-state index in [2.05, 4.69) is 225 Å². The van der Waals surface area contributed by atoms with Crippen LogP contribution in [0.1, 0.15) is 25.0 Å². The maximum absolute atomic E-state index is 5.26. The molecule has 1 aliphatic carbocycles. The van der Waals surface area contributed by atoms with Crippen LogP contribution in [0.5, 0.6) is 0 Å². The molecule has 62 heavy (non-hydrogen) atoms. The molecule has 0 saturated heterocycles. The summed E-state index contributed by atoms with van der Waals surface area (Å²) < 4.78 is 2.38. The number of hydrogen-bond acceptors (Lipinski definition) is 2. The molecule has 3 heteroatoms. The first-order valence-electron chi connectivity index (χ1n) is 21.4. The summed E-state index contributed by atoms with van der Waals surface area (Å²) in [4.78, 5) is 10.5. The monoisotopic (exact) mass is 791 g/mol. The van der Waals surface area contributed by atoms with Crippen molar-refractivity contribution in [2.75, 3.05) is 0 Å². The SMILES string of the molecule is CC1(C)c2cc3ccccc3cc2-c2c(-c3cccc(-c4cc(-c5cccc(-c6ccc7c8ccccc8n(-c8ccccc8)c7c6)c5)nc(-c5ccccc5)n4)c3)cccc21. The molecule has 0 bridgehead atoms. The summed E-state index contributed by atoms with van der Waals surface area (Å²) in [6.07, 6.45) is 0. The number of nitrogens with zero attached hydrogens (tertiary/aromatic N) is 3. The highest BCUT2D eigenvalue weighted by molar-refractivity contribution is 6.10. The molecule has 0 spiro atoms. The molecule has 0 atom stereocenters. The Morgan fingerprint density at radius 3 is 1.73 bits per heavy atom. The number of rotatable bonds is 6. The van der Waals surface area contributed by atoms with Gasteiger partial charge in [-0.05, 0) is 110 Å². The Bertz CT molecular complexity index is 3540. The lowest BCUT2D eigenvalue weighted by Crippen LogP contribution is -2.14. The minimum atomic E-state index is -0.116. The topological polar surface area (TPSA) is 30.7 Å². The van der Waals surface area contributed by atoms with E-state index in [9.17, 15) is 0 Å². The van der Waals surface area contributed by atoms with Gasteiger partial charge in [0.2, 0.25) is 0 Å². The van der Waals surface area contributed by atoms with E-state index in [1.54, 1.807) is 0 Å². The van der Waals surface area contributed by atoms with E-state index in [4.69, 9.17) is 9.97 Å². The van der Waals surface area contributed by atoms with Crippen molar-refractivity contribution in [1.82, 2.24) is 14.5 Å². The average molecular weight is 792 g/mol. The molecule has 0 radical (unpaired) electrons. The average Bonchev–Trinajstić information content (AvgIpc) is 3.78. The van der Waals surface area contributed by atoms with Crippen molar-refractivity contribution in [3.8, 4) is 73.0 Å². The quantitative estimate of drug-likeness (QED) is 0.168. The second-order valence-corrected chi connectivity index (χ2v) is 17.0. The van der Waals surface area contributed by atoms with Crippen molar-refractivity contribution in [3.63, 3.8) is 0 Å². The highest BCUT2D eigenvalue weighted by Gasteiger charge is 2.37. The van der Waals surface area contributed by atoms with Crippen LogP contribution in [0.3, 0.4) is 0 Å². The van der Waals surface area contributed by atoms with Gasteiger partial charge in [0.05, 0.1) is 22.4 Å². The summed E-state index contributed by atoms with van der Waals surface area (Å²) in [6, 6.07) is 76.6. The van der Waals surface area contributed by atoms with Crippen LogP contribution in [0, 0.1) is 0 Å². The summed E-state index contributed by atoms with van der Waals surface area (Å²) in [5.74, 6) is 0.700. The van der Waals surface area contributed by atoms with Crippen LogP contribution in [0.2, 0.25) is 0 Å². The Hall–Kier alpha value is -7.88. The summed E-state index contributed by atoms with van der Waals surface area (Å²) in [6.45, 7) is 4.72. The van der Waals surface area contributed by atoms with Crippen LogP contribution in [0.4, 0.5) is 0 Å². The van der Waals surface area contributed by atoms with Crippen molar-refractivity contribution in [1.29, 1.82) is 0 Å². The van der Waals surface area contributed by atoms with Crippen LogP contribution in [-0.4, -0.2) is 14.5 Å². The highest BCUT2D eigenvalue weighted by atomic mass is 15.0. The molecule has 2 aromatic heterocycles. The molecule has 2 heterocycles. The van der Waals surface area contributed by atoms with Gasteiger partial charge in [-0.2, -0.15) is 0 Å². The normalized spacial score (nSPS) is 12.8. The third kappa shape index (κ3) is 5.81. The second kappa shape index (κ2) is 14.1. The Kier molecular flexibility index (Phi) is 8.20. The molecule has 0 fully saturated rings. The van der Waals surface area contributed by atoms with Crippen molar-refractivity contribution < 1.29 is 0 Å². The van der Waals surface area contributed by atoms with Gasteiger partial charge in [0.25, 0.3) is 0 Å². The van der Waals surface area contributed by atoms with Gasteiger partial charge in [0, 0.05) is 38.6 Å². The number of aromatic nitrogens is 3. The largest absolute Gasteiger partial charge is 0.309 e. The molecule has 0 aliphatic heterocycles. The Labute approximate surface area is 361 Å². The zero-order valence-corrected chi connectivity index (χ0v) is 34.5. The van der Waals surface area contributed by atoms with E-state index in [1.165, 1.54) is 66.0 Å². The van der Waals surface area contributed by atoms with Crippen LogP contribution in [0.25, 0.3) is 106 Å². The first-order valence-corrected chi connectivity index (χ1v) is 21.4. The predicted molar refractivity (Wildman–Crippen MR) is 259 cm³/mol. The van der Waals surface area contributed by atoms with Gasteiger partial charge in [-0.3, -0.25) is 0 Å². The minimum absolute atomic E-state index is 0.116. The lowest BCUT2D eigenvalue weighted by Gasteiger charge is -2.22. The van der Waals surface area contributed by atoms with E-state index in [0.717, 1.165) is 44.9 Å². The van der Waals surface area contributed by atoms with Crippen LogP contribution in [-0.2, 0) is 5.41 Å². The molecular weight excluding hydrogens is 751 g/mol. The molecule has 1 aliphatic rings. The number of benzene rings is 9. The Balaban J connectivity index is 0.982. The Morgan fingerprint density at radius 1 is 0.371 bits per heavy atom. The van der Waals surface area contributed by atoms with E-state index < -0.39 is 0 Å². The summed E-state index contributed by atoms with van der Waals surface area (Å²) in [5.41, 5.74) is 18.3. The van der Waals surface area contributed by atoms with E-state index >= 15 is 0 Å². The summed E-state index contributed by atoms with van der Waals surface area (Å²) in [7, 11) is 0. The fourth-order valence-electron chi connectivity index (χ4n) is 9.88. The van der Waals surface area contributed by atoms with E-state index in [-0.39, 0.29) is 5.41 Å². The van der Waals surface area contributed by atoms with Gasteiger partial charge in [-0.25, -0.2) is 9.97 Å². The van der Waals surface area contributed by atoms with Crippen molar-refractivity contribution >= 4 is 32.6 Å². The van der Waals surface area contributed by atoms with Gasteiger partial charge in [0.15, 0.2) is 5.82 Å². The molecule has 0 unspecified atom stereocenters. The lowest BCUT2D eigenvalue weighted by molar-refractivity contribution is 0.661. The second-order valence-electron chi connectivity index (χ2n) is 17.0. The van der Waals surface area contributed by atoms with Gasteiger partial charge < -0.3 is 4.57 Å². The maximum Gasteiger partial charge on any atom is 0.160 e. The smallest absolute Gasteiger partial charge is 0.160 e. The molecule has 292 valence electrons. The molecule has 0 saturated carbocycles. The number of fused-ring (bicyclic) bond motifs is 7. The first kappa shape index (κ1) is 36.0. The van der Waals surface area contributed by atoms with Crippen LogP contribution < -0.4 is 0 Å². The third-order valence-electron chi connectivity index (χ3n) is 13.0. The van der Waals surface area contributed by atoms with Gasteiger partial charge >= 0.3 is 0 Å². The molecule has 11 aromatic rings. The standard InChI is InChI=1S/C59H41N3/c1-59(2)51-28-15-27-47(57(51)50-34-40-18-9-10-19-41(40)35-52(50)59)43-21-14-23-45(33-43)54-37-53(60-58(61-54)38-16-5-3-6-17-38)44-22-13-20-39(32-44)42-30-31-49-48-26-11-12-29-55(48)62(56(49)36-42)46-24-7-4-8-25-46/h3-37H,1-2H3. The minimum Gasteiger partial charge on any atom is -0.309 e. The summed E-state index contributed by atoms with van der Waals surface area (Å²) >= 11 is 0. The van der Waals surface area contributed by atoms with Gasteiger partial charge in [-0.1, -0.05) is 172 Å². The highest BCUT2D eigenvalue weighted by Crippen LogP contribution is 2.53. The molecule has 0 N–H and O–H groups in total.